The SMILES string of the molecule is C[C@@H]1CN(CC(=O)Nc2sc3c(c2C(N)=O)CCCC3)C[C@H](C)O1. The number of hydrogen-bond donors (Lipinski definition) is 2. The van der Waals surface area contributed by atoms with Gasteiger partial charge in [0.2, 0.25) is 5.91 Å². The van der Waals surface area contributed by atoms with Crippen molar-refractivity contribution in [2.45, 2.75) is 51.7 Å². The second kappa shape index (κ2) is 7.21. The van der Waals surface area contributed by atoms with Gasteiger partial charge in [-0.1, -0.05) is 0 Å². The minimum atomic E-state index is -0.446. The summed E-state index contributed by atoms with van der Waals surface area (Å²) in [6, 6.07) is 0. The predicted octanol–water partition coefficient (Wildman–Crippen LogP) is 1.77. The van der Waals surface area contributed by atoms with E-state index in [1.807, 2.05) is 13.8 Å². The van der Waals surface area contributed by atoms with E-state index in [1.54, 1.807) is 0 Å². The average Bonchev–Trinajstić information content (AvgIpc) is 2.83. The number of nitrogens with zero attached hydrogens (tertiary/aromatic N) is 1. The van der Waals surface area contributed by atoms with Crippen molar-refractivity contribution in [1.82, 2.24) is 4.90 Å². The summed E-state index contributed by atoms with van der Waals surface area (Å²) in [6.07, 6.45) is 4.28. The van der Waals surface area contributed by atoms with Crippen molar-refractivity contribution in [3.63, 3.8) is 0 Å². The average molecular weight is 351 g/mol. The van der Waals surface area contributed by atoms with Gasteiger partial charge in [-0.25, -0.2) is 0 Å². The third-order valence-corrected chi connectivity index (χ3v) is 5.74. The van der Waals surface area contributed by atoms with Crippen LogP contribution in [0, 0.1) is 0 Å². The summed E-state index contributed by atoms with van der Waals surface area (Å²) >= 11 is 1.51. The zero-order valence-electron chi connectivity index (χ0n) is 14.3. The first-order valence-electron chi connectivity index (χ1n) is 8.56. The highest BCUT2D eigenvalue weighted by atomic mass is 32.1. The summed E-state index contributed by atoms with van der Waals surface area (Å²) in [5, 5.41) is 3.54. The lowest BCUT2D eigenvalue weighted by molar-refractivity contribution is -0.121. The second-order valence-corrected chi connectivity index (χ2v) is 7.88. The van der Waals surface area contributed by atoms with Crippen LogP contribution in [0.25, 0.3) is 0 Å². The molecule has 2 amide bonds. The van der Waals surface area contributed by atoms with Crippen molar-refractivity contribution in [1.29, 1.82) is 0 Å². The number of carbonyl (C=O) groups is 2. The molecule has 0 radical (unpaired) electrons. The van der Waals surface area contributed by atoms with Gasteiger partial charge in [0, 0.05) is 18.0 Å². The van der Waals surface area contributed by atoms with Crippen LogP contribution in [0.2, 0.25) is 0 Å². The number of primary amides is 1. The molecule has 0 unspecified atom stereocenters. The molecule has 1 aromatic rings. The molecule has 132 valence electrons. The third-order valence-electron chi connectivity index (χ3n) is 4.53. The number of rotatable bonds is 4. The Morgan fingerprint density at radius 1 is 1.25 bits per heavy atom. The van der Waals surface area contributed by atoms with Crippen molar-refractivity contribution < 1.29 is 14.3 Å². The van der Waals surface area contributed by atoms with Crippen LogP contribution < -0.4 is 11.1 Å². The maximum atomic E-state index is 12.4. The van der Waals surface area contributed by atoms with E-state index in [0.717, 1.165) is 44.3 Å². The van der Waals surface area contributed by atoms with E-state index in [2.05, 4.69) is 10.2 Å². The minimum absolute atomic E-state index is 0.0996. The summed E-state index contributed by atoms with van der Waals surface area (Å²) in [5.41, 5.74) is 7.13. The van der Waals surface area contributed by atoms with Gasteiger partial charge in [-0.05, 0) is 45.1 Å². The molecule has 3 rings (SSSR count). The maximum absolute atomic E-state index is 12.4. The Hall–Kier alpha value is -1.44. The van der Waals surface area contributed by atoms with Gasteiger partial charge in [-0.15, -0.1) is 11.3 Å². The van der Waals surface area contributed by atoms with E-state index in [1.165, 1.54) is 16.2 Å². The minimum Gasteiger partial charge on any atom is -0.373 e. The number of amides is 2. The monoisotopic (exact) mass is 351 g/mol. The van der Waals surface area contributed by atoms with E-state index in [4.69, 9.17) is 10.5 Å². The highest BCUT2D eigenvalue weighted by molar-refractivity contribution is 7.17. The summed E-state index contributed by atoms with van der Waals surface area (Å²) in [7, 11) is 0. The first-order chi connectivity index (χ1) is 11.4. The van der Waals surface area contributed by atoms with E-state index < -0.39 is 5.91 Å². The molecule has 1 aliphatic heterocycles. The molecule has 2 heterocycles. The molecule has 3 N–H and O–H groups in total. The maximum Gasteiger partial charge on any atom is 0.251 e. The Labute approximate surface area is 146 Å². The topological polar surface area (TPSA) is 84.7 Å². The highest BCUT2D eigenvalue weighted by Gasteiger charge is 2.27. The number of morpholine rings is 1. The Balaban J connectivity index is 1.70. The van der Waals surface area contributed by atoms with E-state index in [9.17, 15) is 9.59 Å². The molecule has 1 fully saturated rings. The summed E-state index contributed by atoms with van der Waals surface area (Å²) < 4.78 is 5.69. The van der Waals surface area contributed by atoms with Crippen LogP contribution >= 0.6 is 11.3 Å². The van der Waals surface area contributed by atoms with Crippen molar-refractivity contribution in [3.8, 4) is 0 Å². The number of thiophene rings is 1. The molecule has 7 heteroatoms. The molecule has 0 bridgehead atoms. The molecule has 2 aliphatic rings. The van der Waals surface area contributed by atoms with Crippen molar-refractivity contribution in [3.05, 3.63) is 16.0 Å². The Morgan fingerprint density at radius 3 is 2.58 bits per heavy atom. The largest absolute Gasteiger partial charge is 0.373 e. The molecule has 0 saturated carbocycles. The predicted molar refractivity (Wildman–Crippen MR) is 94.6 cm³/mol. The lowest BCUT2D eigenvalue weighted by atomic mass is 9.95. The van der Waals surface area contributed by atoms with Crippen molar-refractivity contribution in [2.24, 2.45) is 5.73 Å². The van der Waals surface area contributed by atoms with Gasteiger partial charge in [0.1, 0.15) is 5.00 Å². The number of nitrogens with one attached hydrogen (secondary N) is 1. The summed E-state index contributed by atoms with van der Waals surface area (Å²) in [5.74, 6) is -0.546. The molecule has 0 spiro atoms. The molecule has 1 saturated heterocycles. The zero-order valence-corrected chi connectivity index (χ0v) is 15.1. The lowest BCUT2D eigenvalue weighted by Gasteiger charge is -2.34. The van der Waals surface area contributed by atoms with Crippen molar-refractivity contribution >= 4 is 28.2 Å². The molecular weight excluding hydrogens is 326 g/mol. The fourth-order valence-electron chi connectivity index (χ4n) is 3.70. The standard InChI is InChI=1S/C17H25N3O3S/c1-10-7-20(8-11(2)23-10)9-14(21)19-17-15(16(18)22)12-5-3-4-6-13(12)24-17/h10-11H,3-9H2,1-2H3,(H2,18,22)(H,19,21)/t10-,11+. The molecule has 1 aromatic heterocycles. The van der Waals surface area contributed by atoms with E-state index in [0.29, 0.717) is 17.1 Å². The van der Waals surface area contributed by atoms with E-state index in [-0.39, 0.29) is 18.1 Å². The molecular formula is C17H25N3O3S. The van der Waals surface area contributed by atoms with Gasteiger partial charge in [-0.2, -0.15) is 0 Å². The van der Waals surface area contributed by atoms with Crippen LogP contribution in [0.1, 0.15) is 47.5 Å². The number of aryl methyl sites for hydroxylation is 1. The fraction of sp³-hybridized carbons (Fsp3) is 0.647. The molecule has 2 atom stereocenters. The third kappa shape index (κ3) is 3.79. The summed E-state index contributed by atoms with van der Waals surface area (Å²) in [6.45, 7) is 5.81. The number of ether oxygens (including phenoxy) is 1. The lowest BCUT2D eigenvalue weighted by Crippen LogP contribution is -2.48. The van der Waals surface area contributed by atoms with Crippen LogP contribution in [0.5, 0.6) is 0 Å². The Morgan fingerprint density at radius 2 is 1.92 bits per heavy atom. The fourth-order valence-corrected chi connectivity index (χ4v) is 5.01. The van der Waals surface area contributed by atoms with E-state index >= 15 is 0 Å². The Bertz CT molecular complexity index is 633. The van der Waals surface area contributed by atoms with Gasteiger partial charge in [-0.3, -0.25) is 14.5 Å². The van der Waals surface area contributed by atoms with Crippen LogP contribution in [0.3, 0.4) is 0 Å². The van der Waals surface area contributed by atoms with Crippen LogP contribution in [0.4, 0.5) is 5.00 Å². The van der Waals surface area contributed by atoms with Crippen LogP contribution in [-0.2, 0) is 22.4 Å². The number of anilines is 1. The smallest absolute Gasteiger partial charge is 0.251 e. The first kappa shape index (κ1) is 17.4. The second-order valence-electron chi connectivity index (χ2n) is 6.78. The quantitative estimate of drug-likeness (QED) is 0.866. The summed E-state index contributed by atoms with van der Waals surface area (Å²) in [4.78, 5) is 27.6. The Kier molecular flexibility index (Phi) is 5.22. The van der Waals surface area contributed by atoms with Crippen LogP contribution in [-0.4, -0.2) is 48.6 Å². The van der Waals surface area contributed by atoms with Gasteiger partial charge in [0.25, 0.3) is 5.91 Å². The molecule has 0 aromatic carbocycles. The molecule has 24 heavy (non-hydrogen) atoms. The number of hydrogen-bond acceptors (Lipinski definition) is 5. The van der Waals surface area contributed by atoms with Gasteiger partial charge in [0.05, 0.1) is 24.3 Å². The number of carbonyl (C=O) groups excluding carboxylic acids is 2. The number of nitrogens with two attached hydrogens (primary N) is 1. The van der Waals surface area contributed by atoms with Gasteiger partial charge < -0.3 is 15.8 Å². The number of fused-ring (bicyclic) bond motifs is 1. The first-order valence-corrected chi connectivity index (χ1v) is 9.37. The van der Waals surface area contributed by atoms with Crippen LogP contribution in [0.15, 0.2) is 0 Å². The van der Waals surface area contributed by atoms with Gasteiger partial charge in [0.15, 0.2) is 0 Å². The van der Waals surface area contributed by atoms with Crippen molar-refractivity contribution in [2.75, 3.05) is 25.0 Å². The van der Waals surface area contributed by atoms with Gasteiger partial charge >= 0.3 is 0 Å². The highest BCUT2D eigenvalue weighted by Crippen LogP contribution is 2.37. The molecule has 6 nitrogen and oxygen atoms in total. The molecule has 1 aliphatic carbocycles. The zero-order chi connectivity index (χ0) is 17.3. The normalized spacial score (nSPS) is 24.4.